The summed E-state index contributed by atoms with van der Waals surface area (Å²) in [5, 5.41) is 2.62. The topological polar surface area (TPSA) is 25.8 Å². The molecule has 2 nitrogen and oxygen atoms in total. The van der Waals surface area contributed by atoms with Gasteiger partial charge in [0.2, 0.25) is 0 Å². The molecule has 1 aliphatic carbocycles. The van der Waals surface area contributed by atoms with Crippen molar-refractivity contribution in [2.24, 2.45) is 0 Å². The summed E-state index contributed by atoms with van der Waals surface area (Å²) < 4.78 is 2.64. The smallest absolute Gasteiger partial charge is 0.160 e. The van der Waals surface area contributed by atoms with Gasteiger partial charge < -0.3 is 0 Å². The van der Waals surface area contributed by atoms with E-state index in [4.69, 9.17) is 9.97 Å². The molecule has 0 saturated heterocycles. The van der Waals surface area contributed by atoms with Crippen LogP contribution in [0.3, 0.4) is 0 Å². The molecule has 0 radical (unpaired) electrons. The molecule has 57 heavy (non-hydrogen) atoms. The molecule has 0 N–H and O–H groups in total. The van der Waals surface area contributed by atoms with Crippen molar-refractivity contribution in [3.63, 3.8) is 0 Å². The summed E-state index contributed by atoms with van der Waals surface area (Å²) in [6.07, 6.45) is 0. The zero-order valence-electron chi connectivity index (χ0n) is 31.4. The van der Waals surface area contributed by atoms with E-state index in [-0.39, 0.29) is 5.41 Å². The Morgan fingerprint density at radius 2 is 0.965 bits per heavy atom. The lowest BCUT2D eigenvalue weighted by Gasteiger charge is -2.30. The maximum Gasteiger partial charge on any atom is 0.160 e. The van der Waals surface area contributed by atoms with E-state index in [1.54, 1.807) is 0 Å². The van der Waals surface area contributed by atoms with Crippen molar-refractivity contribution in [2.75, 3.05) is 0 Å². The van der Waals surface area contributed by atoms with Crippen LogP contribution in [0, 0.1) is 0 Å². The van der Waals surface area contributed by atoms with Crippen LogP contribution in [0.25, 0.3) is 87.5 Å². The van der Waals surface area contributed by atoms with E-state index in [9.17, 15) is 0 Å². The van der Waals surface area contributed by atoms with Crippen molar-refractivity contribution in [1.82, 2.24) is 9.97 Å². The van der Waals surface area contributed by atoms with Crippen molar-refractivity contribution in [3.8, 4) is 67.3 Å². The van der Waals surface area contributed by atoms with Crippen LogP contribution < -0.4 is 0 Å². The van der Waals surface area contributed by atoms with Gasteiger partial charge in [-0.3, -0.25) is 0 Å². The molecule has 0 aliphatic heterocycles. The highest BCUT2D eigenvalue weighted by atomic mass is 32.1. The van der Waals surface area contributed by atoms with E-state index in [1.807, 2.05) is 17.4 Å². The van der Waals surface area contributed by atoms with Gasteiger partial charge in [-0.15, -0.1) is 11.3 Å². The van der Waals surface area contributed by atoms with Gasteiger partial charge in [-0.2, -0.15) is 0 Å². The predicted octanol–water partition coefficient (Wildman–Crippen LogP) is 14.5. The number of fused-ring (bicyclic) bond motifs is 6. The van der Waals surface area contributed by atoms with Gasteiger partial charge in [-0.25, -0.2) is 9.97 Å². The van der Waals surface area contributed by atoms with Gasteiger partial charge in [0.05, 0.1) is 11.4 Å². The molecule has 1 atom stereocenters. The van der Waals surface area contributed by atoms with Crippen LogP contribution >= 0.6 is 11.3 Å². The summed E-state index contributed by atoms with van der Waals surface area (Å²) in [7, 11) is 0. The Labute approximate surface area is 336 Å². The van der Waals surface area contributed by atoms with E-state index < -0.39 is 0 Å². The SMILES string of the molecule is CC1(c2ccccc2)c2ccccc2-c2cccc(-c3ccccc3-c3cc(-c4ccc(-c5ccc6sc7ccccc7c6c5)cc4)nc(-c4ccccc4)n3)c21. The number of rotatable bonds is 6. The largest absolute Gasteiger partial charge is 0.228 e. The predicted molar refractivity (Wildman–Crippen MR) is 240 cm³/mol. The summed E-state index contributed by atoms with van der Waals surface area (Å²) in [6, 6.07) is 72.2. The highest BCUT2D eigenvalue weighted by molar-refractivity contribution is 7.25. The number of hydrogen-bond acceptors (Lipinski definition) is 3. The Kier molecular flexibility index (Phi) is 7.84. The van der Waals surface area contributed by atoms with Crippen LogP contribution in [0.15, 0.2) is 200 Å². The minimum atomic E-state index is -0.342. The van der Waals surface area contributed by atoms with E-state index in [1.165, 1.54) is 64.7 Å². The Morgan fingerprint density at radius 3 is 1.77 bits per heavy atom. The quantitative estimate of drug-likeness (QED) is 0.169. The van der Waals surface area contributed by atoms with Crippen LogP contribution in [0.2, 0.25) is 0 Å². The molecule has 3 heteroatoms. The number of benzene rings is 8. The van der Waals surface area contributed by atoms with Crippen LogP contribution in [0.4, 0.5) is 0 Å². The average Bonchev–Trinajstić information content (AvgIpc) is 3.80. The number of aromatic nitrogens is 2. The lowest BCUT2D eigenvalue weighted by atomic mass is 9.71. The molecular formula is C54H36N2S. The van der Waals surface area contributed by atoms with E-state index in [0.717, 1.165) is 33.6 Å². The second-order valence-corrected chi connectivity index (χ2v) is 16.1. The van der Waals surface area contributed by atoms with Gasteiger partial charge in [0, 0.05) is 42.3 Å². The van der Waals surface area contributed by atoms with Crippen LogP contribution in [-0.4, -0.2) is 9.97 Å². The molecule has 1 aliphatic rings. The Morgan fingerprint density at radius 1 is 0.386 bits per heavy atom. The van der Waals surface area contributed by atoms with E-state index in [0.29, 0.717) is 5.82 Å². The molecule has 0 bridgehead atoms. The van der Waals surface area contributed by atoms with E-state index in [2.05, 4.69) is 201 Å². The molecule has 0 fully saturated rings. The maximum absolute atomic E-state index is 5.32. The highest BCUT2D eigenvalue weighted by Gasteiger charge is 2.42. The first-order chi connectivity index (χ1) is 28.1. The molecule has 2 heterocycles. The van der Waals surface area contributed by atoms with Crippen molar-refractivity contribution >= 4 is 31.5 Å². The maximum atomic E-state index is 5.32. The number of nitrogens with zero attached hydrogens (tertiary/aromatic N) is 2. The highest BCUT2D eigenvalue weighted by Crippen LogP contribution is 2.56. The normalized spacial score (nSPS) is 14.5. The summed E-state index contributed by atoms with van der Waals surface area (Å²) >= 11 is 1.85. The van der Waals surface area contributed by atoms with Gasteiger partial charge in [-0.1, -0.05) is 176 Å². The molecule has 0 spiro atoms. The van der Waals surface area contributed by atoms with Gasteiger partial charge in [0.1, 0.15) is 0 Å². The minimum absolute atomic E-state index is 0.342. The molecule has 10 aromatic rings. The third-order valence-corrected chi connectivity index (χ3v) is 13.0. The summed E-state index contributed by atoms with van der Waals surface area (Å²) in [4.78, 5) is 10.5. The molecular weight excluding hydrogens is 709 g/mol. The zero-order chi connectivity index (χ0) is 37.9. The van der Waals surface area contributed by atoms with Crippen molar-refractivity contribution in [3.05, 3.63) is 217 Å². The Balaban J connectivity index is 1.06. The second kappa shape index (κ2) is 13.4. The Bertz CT molecular complexity index is 3130. The summed E-state index contributed by atoms with van der Waals surface area (Å²) in [5.74, 6) is 0.705. The lowest BCUT2D eigenvalue weighted by Crippen LogP contribution is -2.23. The van der Waals surface area contributed by atoms with Gasteiger partial charge in [0.15, 0.2) is 5.82 Å². The molecule has 268 valence electrons. The van der Waals surface area contributed by atoms with E-state index >= 15 is 0 Å². The summed E-state index contributed by atoms with van der Waals surface area (Å²) in [5.41, 5.74) is 15.8. The Hall–Kier alpha value is -6.94. The monoisotopic (exact) mass is 744 g/mol. The molecule has 0 saturated carbocycles. The van der Waals surface area contributed by atoms with Crippen molar-refractivity contribution in [2.45, 2.75) is 12.3 Å². The third-order valence-electron chi connectivity index (χ3n) is 11.8. The van der Waals surface area contributed by atoms with Crippen molar-refractivity contribution in [1.29, 1.82) is 0 Å². The second-order valence-electron chi connectivity index (χ2n) is 15.0. The fourth-order valence-electron chi connectivity index (χ4n) is 9.03. The fourth-order valence-corrected chi connectivity index (χ4v) is 10.1. The summed E-state index contributed by atoms with van der Waals surface area (Å²) in [6.45, 7) is 2.39. The minimum Gasteiger partial charge on any atom is -0.228 e. The molecule has 0 amide bonds. The van der Waals surface area contributed by atoms with Crippen LogP contribution in [-0.2, 0) is 5.41 Å². The number of thiophene rings is 1. The van der Waals surface area contributed by atoms with Gasteiger partial charge >= 0.3 is 0 Å². The molecule has 11 rings (SSSR count). The third kappa shape index (κ3) is 5.46. The lowest BCUT2D eigenvalue weighted by molar-refractivity contribution is 0.716. The first kappa shape index (κ1) is 33.4. The molecule has 1 unspecified atom stereocenters. The van der Waals surface area contributed by atoms with Crippen molar-refractivity contribution < 1.29 is 0 Å². The standard InChI is InChI=1S/C54H36N2S/c1-54(39-17-6-3-7-18-39)47-25-12-10-20-41(47)45-24-14-23-44(52(45)54)40-19-8-9-21-42(40)49-34-48(55-53(56-49)37-15-4-2-5-16-37)36-29-27-35(28-30-36)38-31-32-51-46(33-38)43-22-11-13-26-50(43)57-51/h2-34H,1H3. The van der Waals surface area contributed by atoms with Gasteiger partial charge in [-0.05, 0) is 81.3 Å². The van der Waals surface area contributed by atoms with Crippen LogP contribution in [0.5, 0.6) is 0 Å². The molecule has 2 aromatic heterocycles. The first-order valence-corrected chi connectivity index (χ1v) is 20.3. The van der Waals surface area contributed by atoms with Gasteiger partial charge in [0.25, 0.3) is 0 Å². The first-order valence-electron chi connectivity index (χ1n) is 19.5. The van der Waals surface area contributed by atoms with Crippen LogP contribution in [0.1, 0.15) is 23.6 Å². The fraction of sp³-hybridized carbons (Fsp3) is 0.0370. The average molecular weight is 745 g/mol. The molecule has 8 aromatic carbocycles. The zero-order valence-corrected chi connectivity index (χ0v) is 32.2. The number of hydrogen-bond donors (Lipinski definition) is 0.